The third kappa shape index (κ3) is 5.51. The molecular formula is C18H15N5O3S. The van der Waals surface area contributed by atoms with Crippen molar-refractivity contribution in [2.45, 2.75) is 10.6 Å². The molecule has 3 rings (SSSR count). The van der Waals surface area contributed by atoms with Gasteiger partial charge < -0.3 is 10.4 Å². The fourth-order valence-electron chi connectivity index (χ4n) is 2.14. The molecule has 0 aliphatic heterocycles. The van der Waals surface area contributed by atoms with Crippen molar-refractivity contribution in [3.63, 3.8) is 0 Å². The maximum atomic E-state index is 12.3. The summed E-state index contributed by atoms with van der Waals surface area (Å²) in [6.07, 6.45) is 2.55. The van der Waals surface area contributed by atoms with Gasteiger partial charge in [-0.1, -0.05) is 17.3 Å². The third-order valence-corrected chi connectivity index (χ3v) is 4.47. The zero-order chi connectivity index (χ0) is 19.1. The molecule has 0 radical (unpaired) electrons. The standard InChI is InChI=1S/C18H15N5O3S/c24-17(25)10-3-12-1-6-14(7-2-12)19-18(26)13-4-8-15(9-5-13)27-11-16-20-22-23-21-16/h1-10H,11H2,(H,19,26)(H,24,25)(H,20,21,22,23). The van der Waals surface area contributed by atoms with Gasteiger partial charge in [-0.05, 0) is 48.0 Å². The zero-order valence-corrected chi connectivity index (χ0v) is 14.8. The van der Waals surface area contributed by atoms with Gasteiger partial charge in [-0.3, -0.25) is 4.79 Å². The molecule has 0 saturated heterocycles. The number of aliphatic carboxylic acids is 1. The number of thioether (sulfide) groups is 1. The molecule has 0 atom stereocenters. The first-order valence-corrected chi connectivity index (χ1v) is 8.86. The average Bonchev–Trinajstić information content (AvgIpc) is 3.20. The number of anilines is 1. The zero-order valence-electron chi connectivity index (χ0n) is 14.0. The van der Waals surface area contributed by atoms with Crippen LogP contribution in [-0.4, -0.2) is 37.6 Å². The van der Waals surface area contributed by atoms with Gasteiger partial charge in [-0.25, -0.2) is 4.79 Å². The van der Waals surface area contributed by atoms with E-state index in [1.54, 1.807) is 48.2 Å². The molecule has 0 aliphatic carbocycles. The van der Waals surface area contributed by atoms with Crippen molar-refractivity contribution in [2.75, 3.05) is 5.32 Å². The van der Waals surface area contributed by atoms with Crippen LogP contribution >= 0.6 is 11.8 Å². The molecule has 1 aromatic heterocycles. The van der Waals surface area contributed by atoms with Crippen molar-refractivity contribution < 1.29 is 14.7 Å². The molecule has 136 valence electrons. The van der Waals surface area contributed by atoms with E-state index in [0.29, 0.717) is 22.8 Å². The number of tetrazole rings is 1. The van der Waals surface area contributed by atoms with Crippen LogP contribution in [0.25, 0.3) is 6.08 Å². The summed E-state index contributed by atoms with van der Waals surface area (Å²) in [6.45, 7) is 0. The maximum absolute atomic E-state index is 12.3. The summed E-state index contributed by atoms with van der Waals surface area (Å²) in [5, 5.41) is 25.1. The van der Waals surface area contributed by atoms with Crippen molar-refractivity contribution in [2.24, 2.45) is 0 Å². The van der Waals surface area contributed by atoms with Crippen LogP contribution in [-0.2, 0) is 10.5 Å². The Labute approximate surface area is 158 Å². The lowest BCUT2D eigenvalue weighted by Crippen LogP contribution is -2.11. The highest BCUT2D eigenvalue weighted by Gasteiger charge is 2.07. The van der Waals surface area contributed by atoms with E-state index in [-0.39, 0.29) is 5.91 Å². The number of carbonyl (C=O) groups excluding carboxylic acids is 1. The summed E-state index contributed by atoms with van der Waals surface area (Å²) in [5.41, 5.74) is 1.90. The van der Waals surface area contributed by atoms with Gasteiger partial charge in [-0.2, -0.15) is 5.21 Å². The predicted molar refractivity (Wildman–Crippen MR) is 101 cm³/mol. The first-order chi connectivity index (χ1) is 13.1. The molecule has 3 aromatic rings. The molecule has 0 unspecified atom stereocenters. The summed E-state index contributed by atoms with van der Waals surface area (Å²) in [7, 11) is 0. The van der Waals surface area contributed by atoms with E-state index < -0.39 is 5.97 Å². The van der Waals surface area contributed by atoms with Crippen LogP contribution in [0, 0.1) is 0 Å². The molecule has 1 heterocycles. The van der Waals surface area contributed by atoms with E-state index in [1.165, 1.54) is 6.08 Å². The van der Waals surface area contributed by atoms with Gasteiger partial charge in [0.1, 0.15) is 0 Å². The minimum atomic E-state index is -1.01. The number of aromatic amines is 1. The van der Waals surface area contributed by atoms with Crippen LogP contribution in [0.4, 0.5) is 5.69 Å². The largest absolute Gasteiger partial charge is 0.478 e. The lowest BCUT2D eigenvalue weighted by molar-refractivity contribution is -0.131. The fraction of sp³-hybridized carbons (Fsp3) is 0.0556. The summed E-state index contributed by atoms with van der Waals surface area (Å²) >= 11 is 1.55. The van der Waals surface area contributed by atoms with E-state index in [0.717, 1.165) is 16.5 Å². The minimum Gasteiger partial charge on any atom is -0.478 e. The fourth-order valence-corrected chi connectivity index (χ4v) is 2.89. The Bertz CT molecular complexity index is 938. The number of carboxylic acid groups (broad SMARTS) is 1. The number of H-pyrrole nitrogens is 1. The van der Waals surface area contributed by atoms with Crippen LogP contribution in [0.5, 0.6) is 0 Å². The second-order valence-corrected chi connectivity index (χ2v) is 6.44. The van der Waals surface area contributed by atoms with Crippen molar-refractivity contribution in [3.8, 4) is 0 Å². The molecule has 8 nitrogen and oxygen atoms in total. The van der Waals surface area contributed by atoms with Crippen molar-refractivity contribution >= 4 is 35.4 Å². The molecule has 3 N–H and O–H groups in total. The van der Waals surface area contributed by atoms with Gasteiger partial charge in [-0.15, -0.1) is 22.0 Å². The van der Waals surface area contributed by atoms with E-state index in [1.807, 2.05) is 12.1 Å². The second kappa shape index (κ2) is 8.77. The van der Waals surface area contributed by atoms with Crippen molar-refractivity contribution in [1.82, 2.24) is 20.6 Å². The van der Waals surface area contributed by atoms with E-state index in [9.17, 15) is 9.59 Å². The van der Waals surface area contributed by atoms with Gasteiger partial charge in [0.15, 0.2) is 5.82 Å². The van der Waals surface area contributed by atoms with E-state index in [4.69, 9.17) is 5.11 Å². The van der Waals surface area contributed by atoms with Gasteiger partial charge in [0.2, 0.25) is 0 Å². The molecule has 9 heteroatoms. The molecule has 1 amide bonds. The Morgan fingerprint density at radius 3 is 2.48 bits per heavy atom. The van der Waals surface area contributed by atoms with Gasteiger partial charge in [0, 0.05) is 22.2 Å². The smallest absolute Gasteiger partial charge is 0.328 e. The highest BCUT2D eigenvalue weighted by Crippen LogP contribution is 2.21. The molecule has 0 aliphatic rings. The Hall–Kier alpha value is -3.46. The van der Waals surface area contributed by atoms with Crippen molar-refractivity contribution in [3.05, 3.63) is 71.6 Å². The number of amides is 1. The number of nitrogens with one attached hydrogen (secondary N) is 2. The SMILES string of the molecule is O=C(O)C=Cc1ccc(NC(=O)c2ccc(SCc3nn[nH]n3)cc2)cc1. The number of rotatable bonds is 7. The Kier molecular flexibility index (Phi) is 5.95. The first kappa shape index (κ1) is 18.3. The number of carboxylic acids is 1. The quantitative estimate of drug-likeness (QED) is 0.425. The Morgan fingerprint density at radius 2 is 1.85 bits per heavy atom. The highest BCUT2D eigenvalue weighted by atomic mass is 32.2. The summed E-state index contributed by atoms with van der Waals surface area (Å²) < 4.78 is 0. The minimum absolute atomic E-state index is 0.224. The maximum Gasteiger partial charge on any atom is 0.328 e. The molecular weight excluding hydrogens is 366 g/mol. The van der Waals surface area contributed by atoms with Gasteiger partial charge >= 0.3 is 5.97 Å². The number of nitrogens with zero attached hydrogens (tertiary/aromatic N) is 3. The molecule has 0 fully saturated rings. The molecule has 0 saturated carbocycles. The van der Waals surface area contributed by atoms with E-state index in [2.05, 4.69) is 25.9 Å². The Balaban J connectivity index is 1.56. The van der Waals surface area contributed by atoms with Crippen LogP contribution in [0.2, 0.25) is 0 Å². The molecule has 0 bridgehead atoms. The van der Waals surface area contributed by atoms with Gasteiger partial charge in [0.25, 0.3) is 5.91 Å². The number of carbonyl (C=O) groups is 2. The van der Waals surface area contributed by atoms with Gasteiger partial charge in [0.05, 0.1) is 5.75 Å². The normalized spacial score (nSPS) is 10.8. The van der Waals surface area contributed by atoms with Crippen molar-refractivity contribution in [1.29, 1.82) is 0 Å². The third-order valence-electron chi connectivity index (χ3n) is 3.46. The number of benzene rings is 2. The lowest BCUT2D eigenvalue weighted by atomic mass is 10.1. The number of hydrogen-bond acceptors (Lipinski definition) is 6. The Morgan fingerprint density at radius 1 is 1.11 bits per heavy atom. The van der Waals surface area contributed by atoms with Crippen LogP contribution < -0.4 is 5.32 Å². The monoisotopic (exact) mass is 381 g/mol. The summed E-state index contributed by atoms with van der Waals surface area (Å²) in [5.74, 6) is -0.0293. The second-order valence-electron chi connectivity index (χ2n) is 5.39. The predicted octanol–water partition coefficient (Wildman–Crippen LogP) is 2.84. The lowest BCUT2D eigenvalue weighted by Gasteiger charge is -2.06. The summed E-state index contributed by atoms with van der Waals surface area (Å²) in [4.78, 5) is 23.8. The molecule has 0 spiro atoms. The summed E-state index contributed by atoms with van der Waals surface area (Å²) in [6, 6.07) is 14.1. The van der Waals surface area contributed by atoms with Crippen LogP contribution in [0.3, 0.4) is 0 Å². The van der Waals surface area contributed by atoms with E-state index >= 15 is 0 Å². The van der Waals surface area contributed by atoms with Crippen LogP contribution in [0.15, 0.2) is 59.5 Å². The first-order valence-electron chi connectivity index (χ1n) is 7.88. The highest BCUT2D eigenvalue weighted by molar-refractivity contribution is 7.98. The van der Waals surface area contributed by atoms with Crippen LogP contribution in [0.1, 0.15) is 21.7 Å². The molecule has 27 heavy (non-hydrogen) atoms. The number of aromatic nitrogens is 4. The topological polar surface area (TPSA) is 121 Å². The average molecular weight is 381 g/mol. The number of hydrogen-bond donors (Lipinski definition) is 3. The molecule has 2 aromatic carbocycles.